The molecule has 2 aromatic heterocycles. The van der Waals surface area contributed by atoms with E-state index in [0.29, 0.717) is 0 Å². The Labute approximate surface area is 343 Å². The van der Waals surface area contributed by atoms with Gasteiger partial charge in [-0.2, -0.15) is 0 Å². The fraction of sp³-hybridized carbons (Fsp3) is 0.0769. The topological polar surface area (TPSA) is 39.4 Å². The molecule has 56 heavy (non-hydrogen) atoms. The summed E-state index contributed by atoms with van der Waals surface area (Å²) in [6.07, 6.45) is 6.20. The first kappa shape index (κ1) is 38.1. The minimum absolute atomic E-state index is 0. The molecule has 4 heteroatoms. The van der Waals surface area contributed by atoms with Gasteiger partial charge in [-0.3, -0.25) is 0 Å². The van der Waals surface area contributed by atoms with E-state index in [1.165, 1.54) is 33.0 Å². The largest absolute Gasteiger partial charge is 0.657 e. The maximum atomic E-state index is 5.15. The van der Waals surface area contributed by atoms with Crippen LogP contribution in [0.2, 0.25) is 0 Å². The second kappa shape index (κ2) is 17.1. The molecule has 0 saturated carbocycles. The van der Waals surface area contributed by atoms with Crippen molar-refractivity contribution in [2.75, 3.05) is 0 Å². The van der Waals surface area contributed by atoms with E-state index in [-0.39, 0.29) is 20.1 Å². The molecule has 275 valence electrons. The average molecular weight is 900 g/mol. The van der Waals surface area contributed by atoms with E-state index in [2.05, 4.69) is 166 Å². The Morgan fingerprint density at radius 3 is 1.77 bits per heavy atom. The van der Waals surface area contributed by atoms with Crippen LogP contribution < -0.4 is 4.98 Å². The summed E-state index contributed by atoms with van der Waals surface area (Å²) < 4.78 is 0. The van der Waals surface area contributed by atoms with Crippen molar-refractivity contribution in [3.05, 3.63) is 221 Å². The number of aryl methyl sites for hydroxylation is 4. The van der Waals surface area contributed by atoms with Gasteiger partial charge in [0.25, 0.3) is 0 Å². The van der Waals surface area contributed by atoms with Crippen LogP contribution in [0.3, 0.4) is 0 Å². The Bertz CT molecular complexity index is 2680. The number of fused-ring (bicyclic) bond motifs is 1. The molecule has 0 unspecified atom stereocenters. The molecule has 3 heterocycles. The predicted octanol–water partition coefficient (Wildman–Crippen LogP) is 12.8. The summed E-state index contributed by atoms with van der Waals surface area (Å²) in [7, 11) is 0. The van der Waals surface area contributed by atoms with Crippen LogP contribution in [0.4, 0.5) is 0 Å². The third-order valence-corrected chi connectivity index (χ3v) is 9.93. The Hall–Kier alpha value is -6.19. The molecule has 0 saturated heterocycles. The van der Waals surface area contributed by atoms with Crippen LogP contribution in [0.15, 0.2) is 181 Å². The molecule has 0 aliphatic carbocycles. The van der Waals surface area contributed by atoms with Crippen LogP contribution in [0, 0.1) is 33.8 Å². The van der Waals surface area contributed by atoms with E-state index in [0.717, 1.165) is 67.4 Å². The molecule has 0 fully saturated rings. The second-order valence-corrected chi connectivity index (χ2v) is 14.1. The molecule has 0 atom stereocenters. The van der Waals surface area contributed by atoms with E-state index >= 15 is 0 Å². The summed E-state index contributed by atoms with van der Waals surface area (Å²) in [5.74, 6) is 0. The Morgan fingerprint density at radius 1 is 0.571 bits per heavy atom. The zero-order chi connectivity index (χ0) is 37.7. The summed E-state index contributed by atoms with van der Waals surface area (Å²) in [4.78, 5) is 14.7. The smallest absolute Gasteiger partial charge is 0.0716 e. The number of hydrogen-bond donors (Lipinski definition) is 0. The first-order chi connectivity index (χ1) is 26.9. The molecule has 6 aromatic carbocycles. The molecular weight excluding hydrogens is 859 g/mol. The number of nitrogens with zero attached hydrogens (tertiary/aromatic N) is 3. The summed E-state index contributed by atoms with van der Waals surface area (Å²) in [5.41, 5.74) is 17.6. The van der Waals surface area contributed by atoms with Crippen molar-refractivity contribution in [1.82, 2.24) is 9.97 Å². The quantitative estimate of drug-likeness (QED) is 0.156. The average Bonchev–Trinajstić information content (AvgIpc) is 3.84. The van der Waals surface area contributed by atoms with Crippen molar-refractivity contribution < 1.29 is 20.1 Å². The van der Waals surface area contributed by atoms with Crippen molar-refractivity contribution in [2.24, 2.45) is 4.99 Å². The van der Waals surface area contributed by atoms with Gasteiger partial charge in [-0.05, 0) is 84.6 Å². The molecule has 1 aliphatic rings. The SMILES string of the molecule is Cc1ccc(C2=CC(c3ccc(C)cc3)=N/C2=C\c2[n-]c(-c3ccc(C)cc3)cc2-c2ccc(C)cc2)cc1.[Ir].[c-]1ccccc1-c1nccc2ccccc12. The molecule has 1 radical (unpaired) electrons. The van der Waals surface area contributed by atoms with Crippen molar-refractivity contribution in [3.8, 4) is 33.6 Å². The third-order valence-electron chi connectivity index (χ3n) is 9.93. The van der Waals surface area contributed by atoms with E-state index in [1.807, 2.05) is 48.7 Å². The maximum absolute atomic E-state index is 5.15. The van der Waals surface area contributed by atoms with Crippen LogP contribution >= 0.6 is 0 Å². The number of pyridine rings is 1. The van der Waals surface area contributed by atoms with Crippen LogP contribution in [0.5, 0.6) is 0 Å². The fourth-order valence-corrected chi connectivity index (χ4v) is 6.76. The van der Waals surface area contributed by atoms with Gasteiger partial charge in [0.05, 0.1) is 11.4 Å². The number of rotatable bonds is 6. The van der Waals surface area contributed by atoms with Crippen LogP contribution in [0.25, 0.3) is 56.1 Å². The molecule has 9 rings (SSSR count). The van der Waals surface area contributed by atoms with Crippen LogP contribution in [0.1, 0.15) is 39.1 Å². The van der Waals surface area contributed by atoms with Crippen molar-refractivity contribution in [3.63, 3.8) is 0 Å². The minimum Gasteiger partial charge on any atom is -0.657 e. The van der Waals surface area contributed by atoms with Crippen LogP contribution in [-0.4, -0.2) is 10.7 Å². The maximum Gasteiger partial charge on any atom is 0.0716 e. The fourth-order valence-electron chi connectivity index (χ4n) is 6.76. The normalized spacial score (nSPS) is 12.8. The Balaban J connectivity index is 0.000000235. The van der Waals surface area contributed by atoms with Crippen molar-refractivity contribution in [2.45, 2.75) is 27.7 Å². The third kappa shape index (κ3) is 8.53. The predicted molar refractivity (Wildman–Crippen MR) is 231 cm³/mol. The molecule has 0 amide bonds. The van der Waals surface area contributed by atoms with Gasteiger partial charge in [-0.25, -0.2) is 4.99 Å². The molecule has 8 aromatic rings. The summed E-state index contributed by atoms with van der Waals surface area (Å²) in [6.45, 7) is 8.45. The molecular formula is C52H41IrN3-2. The second-order valence-electron chi connectivity index (χ2n) is 14.1. The summed E-state index contributed by atoms with van der Waals surface area (Å²) in [5, 5.41) is 2.39. The molecule has 3 nitrogen and oxygen atoms in total. The standard InChI is InChI=1S/C37H31N2.C15H10N.Ir/c1-24-5-13-28(14-6-24)32-21-34(30-17-9-26(3)10-18-30)38-36(32)23-37-33(29-15-7-25(2)8-16-29)22-35(39-37)31-19-11-27(4)12-20-31;1-2-7-13(8-3-1)15-14-9-5-4-6-12(14)10-11-16-15;/h5-23H,1-4H3;1-7,9-11H;/q2*-1;/b36-23-;;. The molecule has 0 spiro atoms. The van der Waals surface area contributed by atoms with Gasteiger partial charge in [0.15, 0.2) is 0 Å². The van der Waals surface area contributed by atoms with Gasteiger partial charge < -0.3 is 9.97 Å². The molecule has 0 bridgehead atoms. The van der Waals surface area contributed by atoms with Gasteiger partial charge in [0.2, 0.25) is 0 Å². The van der Waals surface area contributed by atoms with Gasteiger partial charge in [0.1, 0.15) is 0 Å². The van der Waals surface area contributed by atoms with E-state index in [1.54, 1.807) is 0 Å². The molecule has 1 aliphatic heterocycles. The van der Waals surface area contributed by atoms with Gasteiger partial charge >= 0.3 is 0 Å². The molecule has 0 N–H and O–H groups in total. The van der Waals surface area contributed by atoms with E-state index < -0.39 is 0 Å². The summed E-state index contributed by atoms with van der Waals surface area (Å²) in [6, 6.07) is 58.2. The Morgan fingerprint density at radius 2 is 1.14 bits per heavy atom. The first-order valence-electron chi connectivity index (χ1n) is 18.7. The number of hydrogen-bond acceptors (Lipinski definition) is 2. The Kier molecular flexibility index (Phi) is 11.6. The zero-order valence-electron chi connectivity index (χ0n) is 31.9. The van der Waals surface area contributed by atoms with E-state index in [9.17, 15) is 0 Å². The first-order valence-corrected chi connectivity index (χ1v) is 18.7. The monoisotopic (exact) mass is 900 g/mol. The number of allylic oxidation sites excluding steroid dienone is 2. The van der Waals surface area contributed by atoms with Gasteiger partial charge in [-0.15, -0.1) is 47.3 Å². The number of benzene rings is 6. The van der Waals surface area contributed by atoms with Crippen molar-refractivity contribution >= 4 is 28.1 Å². The van der Waals surface area contributed by atoms with Crippen LogP contribution in [-0.2, 0) is 20.1 Å². The number of aliphatic imine (C=N–C) groups is 1. The number of aromatic nitrogens is 2. The van der Waals surface area contributed by atoms with Gasteiger partial charge in [-0.1, -0.05) is 150 Å². The summed E-state index contributed by atoms with van der Waals surface area (Å²) >= 11 is 0. The zero-order valence-corrected chi connectivity index (χ0v) is 34.3. The van der Waals surface area contributed by atoms with Gasteiger partial charge in [0, 0.05) is 37.4 Å². The minimum atomic E-state index is 0. The van der Waals surface area contributed by atoms with Crippen molar-refractivity contribution in [1.29, 1.82) is 0 Å². The van der Waals surface area contributed by atoms with E-state index in [4.69, 9.17) is 9.98 Å².